The van der Waals surface area contributed by atoms with Crippen molar-refractivity contribution in [3.05, 3.63) is 29.6 Å². The number of nitrogens with one attached hydrogen (secondary N) is 1. The molecule has 5 heteroatoms. The molecule has 0 unspecified atom stereocenters. The summed E-state index contributed by atoms with van der Waals surface area (Å²) in [5.41, 5.74) is 2.02. The van der Waals surface area contributed by atoms with E-state index >= 15 is 0 Å². The van der Waals surface area contributed by atoms with Gasteiger partial charge in [-0.2, -0.15) is 0 Å². The number of rotatable bonds is 2. The van der Waals surface area contributed by atoms with Crippen molar-refractivity contribution in [3.63, 3.8) is 0 Å². The Morgan fingerprint density at radius 2 is 2.40 bits per heavy atom. The number of hydrogen-bond donors (Lipinski definition) is 1. The minimum Gasteiger partial charge on any atom is -0.465 e. The molecule has 0 aliphatic heterocycles. The van der Waals surface area contributed by atoms with E-state index in [1.165, 1.54) is 13.3 Å². The van der Waals surface area contributed by atoms with Crippen molar-refractivity contribution in [2.45, 2.75) is 0 Å². The number of aldehydes is 1. The lowest BCUT2D eigenvalue weighted by Gasteiger charge is -1.98. The molecule has 1 N–H and O–H groups in total. The molecule has 2 aromatic rings. The number of H-pyrrole nitrogens is 1. The van der Waals surface area contributed by atoms with Crippen molar-refractivity contribution in [1.82, 2.24) is 9.97 Å². The zero-order valence-electron chi connectivity index (χ0n) is 7.98. The predicted octanol–water partition coefficient (Wildman–Crippen LogP) is 1.16. The van der Waals surface area contributed by atoms with Gasteiger partial charge in [0.2, 0.25) is 0 Å². The highest BCUT2D eigenvalue weighted by atomic mass is 16.5. The second-order valence-electron chi connectivity index (χ2n) is 2.97. The normalized spacial score (nSPS) is 10.2. The van der Waals surface area contributed by atoms with Gasteiger partial charge in [-0.15, -0.1) is 0 Å². The van der Waals surface area contributed by atoms with E-state index in [0.717, 1.165) is 0 Å². The Morgan fingerprint density at radius 1 is 1.60 bits per heavy atom. The summed E-state index contributed by atoms with van der Waals surface area (Å²) >= 11 is 0. The zero-order chi connectivity index (χ0) is 10.8. The zero-order valence-corrected chi connectivity index (χ0v) is 7.98. The Kier molecular flexibility index (Phi) is 2.21. The molecule has 76 valence electrons. The molecule has 0 aromatic carbocycles. The monoisotopic (exact) mass is 204 g/mol. The lowest BCUT2D eigenvalue weighted by molar-refractivity contribution is 0.0600. The van der Waals surface area contributed by atoms with Crippen LogP contribution in [0.3, 0.4) is 0 Å². The van der Waals surface area contributed by atoms with Crippen LogP contribution in [0.4, 0.5) is 0 Å². The Bertz CT molecular complexity index is 530. The average Bonchev–Trinajstić information content (AvgIpc) is 2.69. The molecule has 0 saturated heterocycles. The van der Waals surface area contributed by atoms with E-state index in [2.05, 4.69) is 14.7 Å². The van der Waals surface area contributed by atoms with Gasteiger partial charge in [0.25, 0.3) is 0 Å². The van der Waals surface area contributed by atoms with E-state index in [1.54, 1.807) is 12.3 Å². The Morgan fingerprint density at radius 3 is 3.07 bits per heavy atom. The van der Waals surface area contributed by atoms with E-state index in [4.69, 9.17) is 0 Å². The van der Waals surface area contributed by atoms with Crippen molar-refractivity contribution in [2.24, 2.45) is 0 Å². The summed E-state index contributed by atoms with van der Waals surface area (Å²) < 4.78 is 4.56. The summed E-state index contributed by atoms with van der Waals surface area (Å²) in [7, 11) is 1.30. The number of carbonyl (C=O) groups is 2. The second kappa shape index (κ2) is 3.53. The van der Waals surface area contributed by atoms with Gasteiger partial charge in [-0.25, -0.2) is 4.79 Å². The molecule has 0 amide bonds. The van der Waals surface area contributed by atoms with Crippen LogP contribution >= 0.6 is 0 Å². The van der Waals surface area contributed by atoms with Crippen molar-refractivity contribution in [1.29, 1.82) is 0 Å². The van der Waals surface area contributed by atoms with Crippen LogP contribution in [-0.4, -0.2) is 29.3 Å². The highest BCUT2D eigenvalue weighted by molar-refractivity contribution is 5.98. The standard InChI is InChI=1S/C10H8N2O3/c1-15-10(14)6-2-8-9(12-3-6)7(5-13)4-11-8/h2-5,11H,1H3. The van der Waals surface area contributed by atoms with Crippen LogP contribution in [0.1, 0.15) is 20.7 Å². The van der Waals surface area contributed by atoms with Crippen LogP contribution in [0.5, 0.6) is 0 Å². The lowest BCUT2D eigenvalue weighted by atomic mass is 10.2. The van der Waals surface area contributed by atoms with Gasteiger partial charge in [-0.3, -0.25) is 9.78 Å². The fourth-order valence-corrected chi connectivity index (χ4v) is 1.35. The highest BCUT2D eigenvalue weighted by Crippen LogP contribution is 2.15. The number of methoxy groups -OCH3 is 1. The number of fused-ring (bicyclic) bond motifs is 1. The average molecular weight is 204 g/mol. The molecule has 0 atom stereocenters. The lowest BCUT2D eigenvalue weighted by Crippen LogP contribution is -2.01. The number of carbonyl (C=O) groups excluding carboxylic acids is 2. The van der Waals surface area contributed by atoms with Gasteiger partial charge in [0.05, 0.1) is 29.3 Å². The largest absolute Gasteiger partial charge is 0.465 e. The highest BCUT2D eigenvalue weighted by Gasteiger charge is 2.09. The minimum absolute atomic E-state index is 0.351. The van der Waals surface area contributed by atoms with Crippen molar-refractivity contribution >= 4 is 23.3 Å². The van der Waals surface area contributed by atoms with Crippen LogP contribution in [0.2, 0.25) is 0 Å². The summed E-state index contributed by atoms with van der Waals surface area (Å²) in [6, 6.07) is 1.60. The third kappa shape index (κ3) is 1.48. The van der Waals surface area contributed by atoms with Gasteiger partial charge in [0.1, 0.15) is 0 Å². The number of aromatic amines is 1. The van der Waals surface area contributed by atoms with Gasteiger partial charge >= 0.3 is 5.97 Å². The fourth-order valence-electron chi connectivity index (χ4n) is 1.35. The van der Waals surface area contributed by atoms with Crippen LogP contribution < -0.4 is 0 Å². The van der Waals surface area contributed by atoms with E-state index in [0.29, 0.717) is 28.4 Å². The Hall–Kier alpha value is -2.17. The number of esters is 1. The molecule has 0 fully saturated rings. The molecule has 0 spiro atoms. The van der Waals surface area contributed by atoms with Crippen LogP contribution in [-0.2, 0) is 4.74 Å². The molecule has 0 radical (unpaired) electrons. The number of pyridine rings is 1. The summed E-state index contributed by atoms with van der Waals surface area (Å²) in [4.78, 5) is 28.7. The first kappa shape index (κ1) is 9.39. The van der Waals surface area contributed by atoms with Crippen LogP contribution in [0, 0.1) is 0 Å². The predicted molar refractivity (Wildman–Crippen MR) is 52.8 cm³/mol. The second-order valence-corrected chi connectivity index (χ2v) is 2.97. The van der Waals surface area contributed by atoms with Crippen molar-refractivity contribution in [2.75, 3.05) is 7.11 Å². The summed E-state index contributed by atoms with van der Waals surface area (Å²) in [5.74, 6) is -0.452. The molecule has 2 heterocycles. The van der Waals surface area contributed by atoms with Crippen LogP contribution in [0.15, 0.2) is 18.5 Å². The minimum atomic E-state index is -0.452. The molecule has 0 saturated carbocycles. The first-order chi connectivity index (χ1) is 7.26. The third-order valence-electron chi connectivity index (χ3n) is 2.09. The van der Waals surface area contributed by atoms with Gasteiger partial charge < -0.3 is 9.72 Å². The maximum Gasteiger partial charge on any atom is 0.339 e. The smallest absolute Gasteiger partial charge is 0.339 e. The topological polar surface area (TPSA) is 72.0 Å². The van der Waals surface area contributed by atoms with Gasteiger partial charge in [-0.1, -0.05) is 0 Å². The number of ether oxygens (including phenoxy) is 1. The number of nitrogens with zero attached hydrogens (tertiary/aromatic N) is 1. The first-order valence-corrected chi connectivity index (χ1v) is 4.27. The Labute approximate surface area is 85.1 Å². The van der Waals surface area contributed by atoms with Crippen LogP contribution in [0.25, 0.3) is 11.0 Å². The van der Waals surface area contributed by atoms with Gasteiger partial charge in [-0.05, 0) is 6.07 Å². The van der Waals surface area contributed by atoms with E-state index < -0.39 is 5.97 Å². The van der Waals surface area contributed by atoms with Crippen molar-refractivity contribution < 1.29 is 14.3 Å². The quantitative estimate of drug-likeness (QED) is 0.588. The molecule has 0 aliphatic carbocycles. The molecule has 15 heavy (non-hydrogen) atoms. The molecular formula is C10H8N2O3. The van der Waals surface area contributed by atoms with E-state index in [-0.39, 0.29) is 0 Å². The third-order valence-corrected chi connectivity index (χ3v) is 2.09. The van der Waals surface area contributed by atoms with E-state index in [9.17, 15) is 9.59 Å². The van der Waals surface area contributed by atoms with Gasteiger partial charge in [0, 0.05) is 12.4 Å². The maximum absolute atomic E-state index is 11.2. The summed E-state index contributed by atoms with van der Waals surface area (Å²) in [6.07, 6.45) is 3.64. The van der Waals surface area contributed by atoms with Gasteiger partial charge in [0.15, 0.2) is 6.29 Å². The fraction of sp³-hybridized carbons (Fsp3) is 0.100. The van der Waals surface area contributed by atoms with E-state index in [1.807, 2.05) is 0 Å². The molecule has 2 rings (SSSR count). The Balaban J connectivity index is 2.58. The first-order valence-electron chi connectivity index (χ1n) is 4.27. The summed E-state index contributed by atoms with van der Waals surface area (Å²) in [5, 5.41) is 0. The molecule has 0 aliphatic rings. The molecule has 0 bridgehead atoms. The SMILES string of the molecule is COC(=O)c1cnc2c(C=O)c[nH]c2c1. The molecule has 2 aromatic heterocycles. The summed E-state index contributed by atoms with van der Waals surface area (Å²) in [6.45, 7) is 0. The number of aromatic nitrogens is 2. The molecule has 5 nitrogen and oxygen atoms in total. The van der Waals surface area contributed by atoms with Crippen molar-refractivity contribution in [3.8, 4) is 0 Å². The molecular weight excluding hydrogens is 196 g/mol. The number of hydrogen-bond acceptors (Lipinski definition) is 4. The maximum atomic E-state index is 11.2.